The van der Waals surface area contributed by atoms with Crippen molar-refractivity contribution < 1.29 is 26.3 Å². The molecular formula is C34H20N4O. The van der Waals surface area contributed by atoms with Crippen LogP contribution in [0.5, 0.6) is 0 Å². The van der Waals surface area contributed by atoms with Crippen LogP contribution in [0.15, 0.2) is 126 Å². The van der Waals surface area contributed by atoms with Crippen LogP contribution < -0.4 is 0 Å². The molecule has 0 saturated heterocycles. The zero-order valence-electron chi connectivity index (χ0n) is 35.5. The van der Waals surface area contributed by atoms with Gasteiger partial charge in [0.1, 0.15) is 17.4 Å². The third kappa shape index (κ3) is 2.73. The topological polar surface area (TPSA) is 48.8 Å². The molecule has 9 aromatic rings. The highest BCUT2D eigenvalue weighted by molar-refractivity contribution is 6.12. The summed E-state index contributed by atoms with van der Waals surface area (Å²) in [5, 5.41) is -0.208. The fraction of sp³-hybridized carbons (Fsp3) is 0. The van der Waals surface area contributed by atoms with Gasteiger partial charge in [0.15, 0.2) is 11.4 Å². The van der Waals surface area contributed by atoms with Crippen molar-refractivity contribution in [1.82, 2.24) is 19.1 Å². The quantitative estimate of drug-likeness (QED) is 0.231. The van der Waals surface area contributed by atoms with E-state index in [9.17, 15) is 0 Å². The molecule has 0 N–H and O–H groups in total. The van der Waals surface area contributed by atoms with E-state index in [1.54, 1.807) is 6.07 Å². The lowest BCUT2D eigenvalue weighted by atomic mass is 10.2. The zero-order chi connectivity index (χ0) is 39.4. The van der Waals surface area contributed by atoms with E-state index in [0.717, 1.165) is 6.33 Å². The zero-order valence-corrected chi connectivity index (χ0v) is 19.5. The van der Waals surface area contributed by atoms with Gasteiger partial charge >= 0.3 is 0 Å². The highest BCUT2D eigenvalue weighted by Gasteiger charge is 2.20. The van der Waals surface area contributed by atoms with E-state index in [4.69, 9.17) is 26.3 Å². The highest BCUT2D eigenvalue weighted by atomic mass is 16.3. The van der Waals surface area contributed by atoms with E-state index in [0.29, 0.717) is 5.39 Å². The predicted octanol–water partition coefficient (Wildman–Crippen LogP) is 8.57. The molecule has 0 fully saturated rings. The molecule has 0 saturated carbocycles. The first-order valence-corrected chi connectivity index (χ1v) is 11.7. The van der Waals surface area contributed by atoms with Crippen LogP contribution in [0, 0.1) is 0 Å². The number of rotatable bonds is 2. The molecule has 0 atom stereocenters. The van der Waals surface area contributed by atoms with Crippen molar-refractivity contribution in [3.63, 3.8) is 0 Å². The molecule has 0 amide bonds. The molecule has 39 heavy (non-hydrogen) atoms. The van der Waals surface area contributed by atoms with Gasteiger partial charge < -0.3 is 8.98 Å². The summed E-state index contributed by atoms with van der Waals surface area (Å²) in [7, 11) is 0. The van der Waals surface area contributed by atoms with Crippen LogP contribution in [0.25, 0.3) is 77.2 Å². The number of fused-ring (bicyclic) bond motifs is 9. The van der Waals surface area contributed by atoms with Gasteiger partial charge in [-0.05, 0) is 42.4 Å². The number of hydrogen-bond donors (Lipinski definition) is 0. The fourth-order valence-electron chi connectivity index (χ4n) is 5.16. The summed E-state index contributed by atoms with van der Waals surface area (Å²) in [6.45, 7) is 0. The van der Waals surface area contributed by atoms with Gasteiger partial charge in [-0.2, -0.15) is 0 Å². The van der Waals surface area contributed by atoms with E-state index < -0.39 is 96.7 Å². The van der Waals surface area contributed by atoms with Gasteiger partial charge in [0.2, 0.25) is 0 Å². The number of aromatic nitrogens is 4. The summed E-state index contributed by atoms with van der Waals surface area (Å²) >= 11 is 0. The summed E-state index contributed by atoms with van der Waals surface area (Å²) in [5.41, 5.74) is -0.0268. The van der Waals surface area contributed by atoms with Gasteiger partial charge in [-0.25, -0.2) is 9.97 Å². The minimum absolute atomic E-state index is 0.0423. The molecule has 0 aliphatic rings. The van der Waals surface area contributed by atoms with E-state index in [1.165, 1.54) is 21.3 Å². The summed E-state index contributed by atoms with van der Waals surface area (Å²) in [6, 6.07) is -4.22. The van der Waals surface area contributed by atoms with Crippen LogP contribution in [0.4, 0.5) is 0 Å². The van der Waals surface area contributed by atoms with Crippen LogP contribution in [-0.2, 0) is 0 Å². The van der Waals surface area contributed by atoms with Gasteiger partial charge in [-0.3, -0.25) is 4.57 Å². The Bertz CT molecular complexity index is 3140. The maximum absolute atomic E-state index is 8.86. The van der Waals surface area contributed by atoms with Crippen LogP contribution >= 0.6 is 0 Å². The molecule has 0 aliphatic heterocycles. The largest absolute Gasteiger partial charge is 0.450 e. The molecule has 5 nitrogen and oxygen atoms in total. The van der Waals surface area contributed by atoms with Crippen LogP contribution in [0.1, 0.15) is 21.9 Å². The lowest BCUT2D eigenvalue weighted by molar-refractivity contribution is 0.662. The average Bonchev–Trinajstić information content (AvgIpc) is 3.86. The molecule has 4 aromatic heterocycles. The Labute approximate surface area is 244 Å². The van der Waals surface area contributed by atoms with Crippen molar-refractivity contribution in [3.8, 4) is 11.5 Å². The minimum Gasteiger partial charge on any atom is -0.450 e. The molecular weight excluding hydrogens is 480 g/mol. The lowest BCUT2D eigenvalue weighted by Crippen LogP contribution is -1.98. The third-order valence-corrected chi connectivity index (χ3v) is 6.75. The van der Waals surface area contributed by atoms with Crippen molar-refractivity contribution in [2.45, 2.75) is 0 Å². The van der Waals surface area contributed by atoms with Gasteiger partial charge in [-0.1, -0.05) is 72.5 Å². The number of furan rings is 1. The Morgan fingerprint density at radius 2 is 1.08 bits per heavy atom. The van der Waals surface area contributed by atoms with Crippen molar-refractivity contribution in [3.05, 3.63) is 121 Å². The van der Waals surface area contributed by atoms with Crippen molar-refractivity contribution in [1.29, 1.82) is 0 Å². The van der Waals surface area contributed by atoms with Gasteiger partial charge in [0.05, 0.1) is 44.0 Å². The van der Waals surface area contributed by atoms with Crippen molar-refractivity contribution >= 4 is 65.7 Å². The smallest absolute Gasteiger partial charge is 0.197 e. The molecule has 0 bridgehead atoms. The molecule has 4 heterocycles. The molecule has 5 heteroatoms. The van der Waals surface area contributed by atoms with E-state index in [1.807, 2.05) is 0 Å². The Morgan fingerprint density at radius 1 is 0.564 bits per heavy atom. The Hall–Kier alpha value is -5.42. The molecule has 182 valence electrons. The minimum atomic E-state index is -0.613. The maximum atomic E-state index is 8.86. The van der Waals surface area contributed by atoms with Crippen LogP contribution in [-0.4, -0.2) is 19.1 Å². The monoisotopic (exact) mass is 516 g/mol. The molecule has 9 rings (SSSR count). The summed E-state index contributed by atoms with van der Waals surface area (Å²) in [6.07, 6.45) is 1.14. The Balaban J connectivity index is 1.42. The Kier molecular flexibility index (Phi) is 2.08. The van der Waals surface area contributed by atoms with E-state index in [2.05, 4.69) is 9.97 Å². The van der Waals surface area contributed by atoms with Gasteiger partial charge in [0, 0.05) is 32.6 Å². The second kappa shape index (κ2) is 7.55. The van der Waals surface area contributed by atoms with Crippen molar-refractivity contribution in [2.75, 3.05) is 0 Å². The summed E-state index contributed by atoms with van der Waals surface area (Å²) in [5.74, 6) is -0.113. The lowest BCUT2D eigenvalue weighted by Gasteiger charge is -2.07. The average molecular weight is 517 g/mol. The van der Waals surface area contributed by atoms with Gasteiger partial charge in [0.25, 0.3) is 0 Å². The molecule has 0 unspecified atom stereocenters. The van der Waals surface area contributed by atoms with E-state index in [-0.39, 0.29) is 71.8 Å². The number of benzene rings is 5. The number of nitrogens with zero attached hydrogens (tertiary/aromatic N) is 4. The second-order valence-electron chi connectivity index (χ2n) is 8.72. The number of para-hydroxylation sites is 4. The maximum Gasteiger partial charge on any atom is 0.197 e. The normalized spacial score (nSPS) is 17.8. The van der Waals surface area contributed by atoms with E-state index >= 15 is 0 Å². The predicted molar refractivity (Wildman–Crippen MR) is 158 cm³/mol. The van der Waals surface area contributed by atoms with Crippen LogP contribution in [0.2, 0.25) is 0 Å². The van der Waals surface area contributed by atoms with Crippen molar-refractivity contribution in [2.24, 2.45) is 0 Å². The second-order valence-corrected chi connectivity index (χ2v) is 8.72. The first-order valence-electron chi connectivity index (χ1n) is 19.7. The Morgan fingerprint density at radius 3 is 1.64 bits per heavy atom. The fourth-order valence-corrected chi connectivity index (χ4v) is 5.16. The summed E-state index contributed by atoms with van der Waals surface area (Å²) in [4.78, 5) is 8.83. The third-order valence-electron chi connectivity index (χ3n) is 6.75. The highest BCUT2D eigenvalue weighted by Crippen LogP contribution is 2.38. The van der Waals surface area contributed by atoms with Crippen LogP contribution in [0.3, 0.4) is 0 Å². The van der Waals surface area contributed by atoms with Gasteiger partial charge in [-0.15, -0.1) is 0 Å². The first-order chi connectivity index (χ1) is 26.0. The standard InChI is InChI=1S/C34H20N4O/c1-5-13-27-22(9-1)23-10-2-6-14-28(23)37(27)21-17-18-31-26(19-21)32-33(39-31)34(36-20-35-32)38-29-15-7-3-11-24(29)25-12-4-8-16-30(25)38/h1-20H/i1D,2D,3D,4D,5D,6D,7D,8D,9D,10D,11D,12D,13D,14D,15D,16D. The molecule has 5 aromatic carbocycles. The molecule has 0 aliphatic carbocycles. The SMILES string of the molecule is [2H]c1c([2H])c([2H])c2c(c1[2H])c1c([2H])c([2H])c([2H])c([2H])c1n2-c1ccc2oc3c(-n4c5c([2H])c([2H])c([2H])c([2H])c5c5c([2H])c([2H])c([2H])c([2H])c54)ncnc3c2c1. The number of hydrogen-bond acceptors (Lipinski definition) is 3. The first kappa shape index (κ1) is 10.8. The summed E-state index contributed by atoms with van der Waals surface area (Å²) < 4.78 is 146. The molecule has 0 radical (unpaired) electrons. The molecule has 0 spiro atoms.